The Morgan fingerprint density at radius 3 is 2.89 bits per heavy atom. The van der Waals surface area contributed by atoms with Crippen molar-refractivity contribution in [3.63, 3.8) is 0 Å². The Morgan fingerprint density at radius 2 is 2.32 bits per heavy atom. The highest BCUT2D eigenvalue weighted by Crippen LogP contribution is 2.30. The molecular formula is C13H16BrClN4. The Kier molecular flexibility index (Phi) is 4.96. The van der Waals surface area contributed by atoms with Crippen LogP contribution in [-0.4, -0.2) is 21.3 Å². The fraction of sp³-hybridized carbons (Fsp3) is 0.385. The number of halogens is 2. The van der Waals surface area contributed by atoms with Crippen molar-refractivity contribution in [3.05, 3.63) is 45.4 Å². The Morgan fingerprint density at radius 1 is 1.53 bits per heavy atom. The molecule has 0 spiro atoms. The van der Waals surface area contributed by atoms with Crippen molar-refractivity contribution in [1.82, 2.24) is 20.1 Å². The zero-order valence-corrected chi connectivity index (χ0v) is 13.2. The maximum atomic E-state index is 6.27. The van der Waals surface area contributed by atoms with Gasteiger partial charge in [0.25, 0.3) is 0 Å². The van der Waals surface area contributed by atoms with Crippen molar-refractivity contribution < 1.29 is 0 Å². The second-order valence-corrected chi connectivity index (χ2v) is 5.52. The lowest BCUT2D eigenvalue weighted by Crippen LogP contribution is -2.26. The Labute approximate surface area is 126 Å². The second kappa shape index (κ2) is 6.50. The van der Waals surface area contributed by atoms with E-state index in [2.05, 4.69) is 38.3 Å². The zero-order chi connectivity index (χ0) is 13.8. The van der Waals surface area contributed by atoms with E-state index in [0.29, 0.717) is 5.02 Å². The molecule has 0 bridgehead atoms. The van der Waals surface area contributed by atoms with Crippen molar-refractivity contribution in [2.45, 2.75) is 19.4 Å². The van der Waals surface area contributed by atoms with Crippen LogP contribution in [0.15, 0.2) is 29.0 Å². The van der Waals surface area contributed by atoms with Crippen LogP contribution in [0.4, 0.5) is 0 Å². The maximum absolute atomic E-state index is 6.27. The summed E-state index contributed by atoms with van der Waals surface area (Å²) in [4.78, 5) is 4.41. The lowest BCUT2D eigenvalue weighted by atomic mass is 10.1. The van der Waals surface area contributed by atoms with Crippen LogP contribution in [0, 0.1) is 0 Å². The average Bonchev–Trinajstić information content (AvgIpc) is 2.73. The van der Waals surface area contributed by atoms with Gasteiger partial charge in [-0.1, -0.05) is 18.5 Å². The minimum atomic E-state index is -0.0736. The van der Waals surface area contributed by atoms with E-state index in [9.17, 15) is 0 Å². The first-order valence-electron chi connectivity index (χ1n) is 6.16. The van der Waals surface area contributed by atoms with E-state index < -0.39 is 0 Å². The molecule has 2 aromatic heterocycles. The van der Waals surface area contributed by atoms with Crippen molar-refractivity contribution >= 4 is 27.5 Å². The number of rotatable bonds is 5. The quantitative estimate of drug-likeness (QED) is 0.905. The molecule has 0 fully saturated rings. The summed E-state index contributed by atoms with van der Waals surface area (Å²) < 4.78 is 2.79. The predicted molar refractivity (Wildman–Crippen MR) is 80.3 cm³/mol. The summed E-state index contributed by atoms with van der Waals surface area (Å²) in [6.45, 7) is 3.01. The van der Waals surface area contributed by atoms with Crippen LogP contribution in [0.3, 0.4) is 0 Å². The Balaban J connectivity index is 2.45. The summed E-state index contributed by atoms with van der Waals surface area (Å²) in [7, 11) is 1.91. The number of pyridine rings is 1. The maximum Gasteiger partial charge on any atom is 0.0948 e. The molecule has 2 rings (SSSR count). The van der Waals surface area contributed by atoms with E-state index in [1.54, 1.807) is 12.4 Å². The van der Waals surface area contributed by atoms with Gasteiger partial charge in [0.1, 0.15) is 0 Å². The Bertz CT molecular complexity index is 536. The molecule has 1 unspecified atom stereocenters. The fourth-order valence-electron chi connectivity index (χ4n) is 1.97. The standard InChI is InChI=1S/C13H16BrClN4/c1-3-6-16-12(11-10(15)5-4-7-17-11)13-9(14)8-18-19(13)2/h4-5,7-8,12,16H,3,6H2,1-2H3. The summed E-state index contributed by atoms with van der Waals surface area (Å²) in [5.74, 6) is 0. The van der Waals surface area contributed by atoms with E-state index in [0.717, 1.165) is 28.8 Å². The highest BCUT2D eigenvalue weighted by atomic mass is 79.9. The van der Waals surface area contributed by atoms with Crippen LogP contribution in [0.25, 0.3) is 0 Å². The molecule has 6 heteroatoms. The molecule has 0 amide bonds. The molecular weight excluding hydrogens is 328 g/mol. The third kappa shape index (κ3) is 3.16. The van der Waals surface area contributed by atoms with Gasteiger partial charge in [-0.05, 0) is 41.0 Å². The largest absolute Gasteiger partial charge is 0.304 e. The molecule has 102 valence electrons. The first-order valence-corrected chi connectivity index (χ1v) is 7.33. The van der Waals surface area contributed by atoms with E-state index >= 15 is 0 Å². The molecule has 19 heavy (non-hydrogen) atoms. The van der Waals surface area contributed by atoms with E-state index in [-0.39, 0.29) is 6.04 Å². The topological polar surface area (TPSA) is 42.7 Å². The molecule has 2 heterocycles. The lowest BCUT2D eigenvalue weighted by Gasteiger charge is -2.20. The SMILES string of the molecule is CCCNC(c1ncccc1Cl)c1c(Br)cnn1C. The monoisotopic (exact) mass is 342 g/mol. The summed E-state index contributed by atoms with van der Waals surface area (Å²) >= 11 is 9.81. The van der Waals surface area contributed by atoms with E-state index in [4.69, 9.17) is 11.6 Å². The number of aryl methyl sites for hydroxylation is 1. The van der Waals surface area contributed by atoms with Gasteiger partial charge < -0.3 is 5.32 Å². The molecule has 0 radical (unpaired) electrons. The van der Waals surface area contributed by atoms with Gasteiger partial charge in [-0.25, -0.2) is 0 Å². The van der Waals surface area contributed by atoms with Crippen molar-refractivity contribution in [2.75, 3.05) is 6.54 Å². The highest BCUT2D eigenvalue weighted by molar-refractivity contribution is 9.10. The van der Waals surface area contributed by atoms with Crippen LogP contribution in [0.2, 0.25) is 5.02 Å². The van der Waals surface area contributed by atoms with E-state index in [1.165, 1.54) is 0 Å². The van der Waals surface area contributed by atoms with Crippen LogP contribution in [0.1, 0.15) is 30.8 Å². The molecule has 0 saturated heterocycles. The van der Waals surface area contributed by atoms with Gasteiger partial charge in [-0.3, -0.25) is 9.67 Å². The first kappa shape index (κ1) is 14.5. The average molecular weight is 344 g/mol. The van der Waals surface area contributed by atoms with Gasteiger partial charge in [0.05, 0.1) is 33.1 Å². The van der Waals surface area contributed by atoms with Gasteiger partial charge in [0, 0.05) is 13.2 Å². The molecule has 0 aromatic carbocycles. The minimum Gasteiger partial charge on any atom is -0.304 e. The van der Waals surface area contributed by atoms with Crippen LogP contribution < -0.4 is 5.32 Å². The number of nitrogens with zero attached hydrogens (tertiary/aromatic N) is 3. The minimum absolute atomic E-state index is 0.0736. The van der Waals surface area contributed by atoms with Gasteiger partial charge in [-0.2, -0.15) is 5.10 Å². The summed E-state index contributed by atoms with van der Waals surface area (Å²) in [6.07, 6.45) is 4.58. The first-order chi connectivity index (χ1) is 9.15. The zero-order valence-electron chi connectivity index (χ0n) is 10.9. The fourth-order valence-corrected chi connectivity index (χ4v) is 2.77. The van der Waals surface area contributed by atoms with Crippen LogP contribution >= 0.6 is 27.5 Å². The normalized spacial score (nSPS) is 12.6. The molecule has 0 saturated carbocycles. The van der Waals surface area contributed by atoms with Crippen molar-refractivity contribution in [1.29, 1.82) is 0 Å². The molecule has 0 aliphatic carbocycles. The van der Waals surface area contributed by atoms with Crippen LogP contribution in [-0.2, 0) is 7.05 Å². The van der Waals surface area contributed by atoms with Gasteiger partial charge >= 0.3 is 0 Å². The van der Waals surface area contributed by atoms with Gasteiger partial charge in [0.2, 0.25) is 0 Å². The number of aromatic nitrogens is 3. The summed E-state index contributed by atoms with van der Waals surface area (Å²) in [5.41, 5.74) is 1.84. The Hall–Kier alpha value is -0.910. The predicted octanol–water partition coefficient (Wildman–Crippen LogP) is 3.32. The molecule has 0 aliphatic heterocycles. The third-order valence-electron chi connectivity index (χ3n) is 2.87. The smallest absolute Gasteiger partial charge is 0.0948 e. The van der Waals surface area contributed by atoms with Crippen molar-refractivity contribution in [3.8, 4) is 0 Å². The third-order valence-corrected chi connectivity index (χ3v) is 3.80. The number of hydrogen-bond acceptors (Lipinski definition) is 3. The molecule has 1 N–H and O–H groups in total. The van der Waals surface area contributed by atoms with Crippen molar-refractivity contribution in [2.24, 2.45) is 7.05 Å². The molecule has 0 aliphatic rings. The number of nitrogens with one attached hydrogen (secondary N) is 1. The lowest BCUT2D eigenvalue weighted by molar-refractivity contribution is 0.542. The van der Waals surface area contributed by atoms with E-state index in [1.807, 2.05) is 23.9 Å². The molecule has 1 atom stereocenters. The van der Waals surface area contributed by atoms with Gasteiger partial charge in [-0.15, -0.1) is 0 Å². The molecule has 4 nitrogen and oxygen atoms in total. The second-order valence-electron chi connectivity index (χ2n) is 4.26. The molecule has 2 aromatic rings. The highest BCUT2D eigenvalue weighted by Gasteiger charge is 2.23. The van der Waals surface area contributed by atoms with Gasteiger partial charge in [0.15, 0.2) is 0 Å². The summed E-state index contributed by atoms with van der Waals surface area (Å²) in [6, 6.07) is 3.62. The number of hydrogen-bond donors (Lipinski definition) is 1. The summed E-state index contributed by atoms with van der Waals surface area (Å²) in [5, 5.41) is 8.39. The van der Waals surface area contributed by atoms with Crippen LogP contribution in [0.5, 0.6) is 0 Å².